The van der Waals surface area contributed by atoms with Gasteiger partial charge in [-0.3, -0.25) is 13.9 Å². The molecule has 40 heavy (non-hydrogen) atoms. The second-order valence-electron chi connectivity index (χ2n) is 9.19. The molecule has 3 aromatic carbocycles. The number of anilines is 1. The van der Waals surface area contributed by atoms with Crippen molar-refractivity contribution in [1.29, 1.82) is 0 Å². The van der Waals surface area contributed by atoms with Crippen LogP contribution < -0.4 is 14.4 Å². The first kappa shape index (κ1) is 31.0. The minimum Gasteiger partial charge on any atom is -0.492 e. The summed E-state index contributed by atoms with van der Waals surface area (Å²) in [5.74, 6) is -0.515. The van der Waals surface area contributed by atoms with Crippen molar-refractivity contribution in [3.63, 3.8) is 0 Å². The maximum absolute atomic E-state index is 14.1. The van der Waals surface area contributed by atoms with Gasteiger partial charge in [0.2, 0.25) is 11.8 Å². The topological polar surface area (TPSA) is 96.0 Å². The Bertz CT molecular complexity index is 1400. The molecule has 3 aromatic rings. The van der Waals surface area contributed by atoms with Crippen LogP contribution in [-0.2, 0) is 26.2 Å². The number of carbonyl (C=O) groups is 2. The molecule has 1 N–H and O–H groups in total. The van der Waals surface area contributed by atoms with E-state index in [1.165, 1.54) is 17.0 Å². The molecule has 0 unspecified atom stereocenters. The third-order valence-corrected chi connectivity index (χ3v) is 8.35. The monoisotopic (exact) mass is 585 g/mol. The average molecular weight is 586 g/mol. The van der Waals surface area contributed by atoms with Crippen molar-refractivity contribution in [2.24, 2.45) is 0 Å². The van der Waals surface area contributed by atoms with Crippen molar-refractivity contribution < 1.29 is 22.7 Å². The quantitative estimate of drug-likeness (QED) is 0.298. The van der Waals surface area contributed by atoms with E-state index in [0.717, 1.165) is 15.4 Å². The smallest absolute Gasteiger partial charge is 0.264 e. The molecule has 0 fully saturated rings. The summed E-state index contributed by atoms with van der Waals surface area (Å²) >= 11 is 6.06. The molecule has 1 atom stereocenters. The molecule has 0 saturated heterocycles. The molecule has 0 aliphatic carbocycles. The van der Waals surface area contributed by atoms with Gasteiger partial charge in [-0.1, -0.05) is 60.5 Å². The lowest BCUT2D eigenvalue weighted by atomic mass is 10.1. The number of rotatable bonds is 13. The fraction of sp³-hybridized carbons (Fsp3) is 0.333. The molecule has 8 nitrogen and oxygen atoms in total. The Labute approximate surface area is 241 Å². The highest BCUT2D eigenvalue weighted by molar-refractivity contribution is 7.92. The van der Waals surface area contributed by atoms with Gasteiger partial charge in [-0.05, 0) is 69.2 Å². The Morgan fingerprint density at radius 2 is 1.60 bits per heavy atom. The molecule has 0 heterocycles. The van der Waals surface area contributed by atoms with Crippen LogP contribution in [0, 0.1) is 6.92 Å². The fourth-order valence-electron chi connectivity index (χ4n) is 4.29. The molecule has 214 valence electrons. The highest BCUT2D eigenvalue weighted by Gasteiger charge is 2.34. The Morgan fingerprint density at radius 1 is 0.950 bits per heavy atom. The number of halogens is 1. The predicted molar refractivity (Wildman–Crippen MR) is 158 cm³/mol. The Kier molecular flexibility index (Phi) is 11.0. The number of benzene rings is 3. The lowest BCUT2D eigenvalue weighted by molar-refractivity contribution is -0.140. The van der Waals surface area contributed by atoms with Crippen LogP contribution in [0.5, 0.6) is 5.75 Å². The van der Waals surface area contributed by atoms with Gasteiger partial charge in [0.1, 0.15) is 18.3 Å². The van der Waals surface area contributed by atoms with Gasteiger partial charge in [0.15, 0.2) is 0 Å². The van der Waals surface area contributed by atoms with E-state index in [9.17, 15) is 18.0 Å². The summed E-state index contributed by atoms with van der Waals surface area (Å²) in [5.41, 5.74) is 1.89. The van der Waals surface area contributed by atoms with Crippen LogP contribution in [0.15, 0.2) is 77.7 Å². The largest absolute Gasteiger partial charge is 0.492 e. The third-order valence-electron chi connectivity index (χ3n) is 6.32. The zero-order valence-corrected chi connectivity index (χ0v) is 24.8. The first-order valence-electron chi connectivity index (χ1n) is 13.2. The molecular formula is C30H36ClN3O5S. The molecule has 3 rings (SSSR count). The summed E-state index contributed by atoms with van der Waals surface area (Å²) in [6.45, 7) is 7.54. The number of likely N-dealkylation sites (N-methyl/N-ethyl adjacent to an activating group) is 1. The number of amides is 2. The minimum atomic E-state index is -4.19. The molecule has 0 saturated carbocycles. The zero-order valence-electron chi connectivity index (χ0n) is 23.3. The standard InChI is InChI=1S/C30H36ClN3O5S/c1-5-26(30(36)32-6-2)33(20-23-14-16-24(31)17-15-23)29(35)21-34(27-10-8-9-11-28(27)39-7-3)40(37,38)25-18-12-22(4)13-19-25/h8-19,26H,5-7,20-21H2,1-4H3,(H,32,36)/t26-/m0/s1. The van der Waals surface area contributed by atoms with Gasteiger partial charge in [0.05, 0.1) is 17.2 Å². The molecule has 0 aliphatic heterocycles. The average Bonchev–Trinajstić information content (AvgIpc) is 2.93. The van der Waals surface area contributed by atoms with Crippen molar-refractivity contribution in [1.82, 2.24) is 10.2 Å². The Morgan fingerprint density at radius 3 is 2.20 bits per heavy atom. The summed E-state index contributed by atoms with van der Waals surface area (Å²) in [7, 11) is -4.19. The number of nitrogens with one attached hydrogen (secondary N) is 1. The summed E-state index contributed by atoms with van der Waals surface area (Å²) < 4.78 is 34.9. The zero-order chi connectivity index (χ0) is 29.3. The summed E-state index contributed by atoms with van der Waals surface area (Å²) in [4.78, 5) is 28.6. The van der Waals surface area contributed by atoms with E-state index in [1.807, 2.05) is 13.8 Å². The molecule has 0 bridgehead atoms. The number of hydrogen-bond acceptors (Lipinski definition) is 5. The number of ether oxygens (including phenoxy) is 1. The van der Waals surface area contributed by atoms with Crippen LogP contribution in [0.1, 0.15) is 38.3 Å². The number of carbonyl (C=O) groups excluding carboxylic acids is 2. The van der Waals surface area contributed by atoms with Crippen molar-refractivity contribution in [2.75, 3.05) is 24.0 Å². The van der Waals surface area contributed by atoms with Crippen LogP contribution >= 0.6 is 11.6 Å². The van der Waals surface area contributed by atoms with Gasteiger partial charge in [0, 0.05) is 18.1 Å². The van der Waals surface area contributed by atoms with Crippen LogP contribution in [0.2, 0.25) is 5.02 Å². The number of nitrogens with zero attached hydrogens (tertiary/aromatic N) is 2. The van der Waals surface area contributed by atoms with Gasteiger partial charge < -0.3 is 15.0 Å². The van der Waals surface area contributed by atoms with Gasteiger partial charge in [0.25, 0.3) is 10.0 Å². The van der Waals surface area contributed by atoms with Crippen molar-refractivity contribution in [3.8, 4) is 5.75 Å². The number of hydrogen-bond donors (Lipinski definition) is 1. The molecule has 10 heteroatoms. The maximum Gasteiger partial charge on any atom is 0.264 e. The van der Waals surface area contributed by atoms with Gasteiger partial charge in [-0.25, -0.2) is 8.42 Å². The highest BCUT2D eigenvalue weighted by Crippen LogP contribution is 2.33. The first-order valence-corrected chi connectivity index (χ1v) is 15.1. The summed E-state index contributed by atoms with van der Waals surface area (Å²) in [6.07, 6.45) is 0.339. The minimum absolute atomic E-state index is 0.0391. The molecule has 0 spiro atoms. The number of sulfonamides is 1. The van der Waals surface area contributed by atoms with E-state index < -0.39 is 28.5 Å². The molecular weight excluding hydrogens is 550 g/mol. The van der Waals surface area contributed by atoms with E-state index in [1.54, 1.807) is 74.5 Å². The first-order chi connectivity index (χ1) is 19.1. The van der Waals surface area contributed by atoms with E-state index in [0.29, 0.717) is 30.3 Å². The van der Waals surface area contributed by atoms with Crippen LogP contribution in [0.25, 0.3) is 0 Å². The normalized spacial score (nSPS) is 11.9. The molecule has 0 radical (unpaired) electrons. The van der Waals surface area contributed by atoms with E-state index >= 15 is 0 Å². The van der Waals surface area contributed by atoms with Crippen molar-refractivity contribution in [2.45, 2.75) is 51.6 Å². The van der Waals surface area contributed by atoms with Crippen LogP contribution in [-0.4, -0.2) is 50.9 Å². The van der Waals surface area contributed by atoms with Crippen molar-refractivity contribution >= 4 is 39.1 Å². The lowest BCUT2D eigenvalue weighted by Crippen LogP contribution is -2.52. The second kappa shape index (κ2) is 14.2. The van der Waals surface area contributed by atoms with Crippen LogP contribution in [0.3, 0.4) is 0 Å². The van der Waals surface area contributed by atoms with E-state index in [-0.39, 0.29) is 23.0 Å². The summed E-state index contributed by atoms with van der Waals surface area (Å²) in [5, 5.41) is 3.34. The van der Waals surface area contributed by atoms with E-state index in [4.69, 9.17) is 16.3 Å². The Balaban J connectivity index is 2.10. The van der Waals surface area contributed by atoms with E-state index in [2.05, 4.69) is 5.32 Å². The Hall–Kier alpha value is -3.56. The second-order valence-corrected chi connectivity index (χ2v) is 11.5. The number of aryl methyl sites for hydroxylation is 1. The van der Waals surface area contributed by atoms with Gasteiger partial charge in [-0.15, -0.1) is 0 Å². The molecule has 0 aromatic heterocycles. The predicted octanol–water partition coefficient (Wildman–Crippen LogP) is 5.19. The third kappa shape index (κ3) is 7.55. The SMILES string of the molecule is CCNC(=O)[C@H](CC)N(Cc1ccc(Cl)cc1)C(=O)CN(c1ccccc1OCC)S(=O)(=O)c1ccc(C)cc1. The molecule has 0 aliphatic rings. The van der Waals surface area contributed by atoms with Gasteiger partial charge >= 0.3 is 0 Å². The lowest BCUT2D eigenvalue weighted by Gasteiger charge is -2.33. The number of para-hydroxylation sites is 2. The maximum atomic E-state index is 14.1. The van der Waals surface area contributed by atoms with Crippen molar-refractivity contribution in [3.05, 3.63) is 88.9 Å². The summed E-state index contributed by atoms with van der Waals surface area (Å²) in [6, 6.07) is 19.3. The van der Waals surface area contributed by atoms with Crippen LogP contribution in [0.4, 0.5) is 5.69 Å². The molecule has 2 amide bonds. The van der Waals surface area contributed by atoms with Gasteiger partial charge in [-0.2, -0.15) is 0 Å². The highest BCUT2D eigenvalue weighted by atomic mass is 35.5. The fourth-order valence-corrected chi connectivity index (χ4v) is 5.84.